The number of hydrogen-bond donors (Lipinski definition) is 1. The zero-order valence-electron chi connectivity index (χ0n) is 9.03. The zero-order chi connectivity index (χ0) is 13.3. The highest BCUT2D eigenvalue weighted by molar-refractivity contribution is 6.34. The fourth-order valence-corrected chi connectivity index (χ4v) is 1.89. The first-order chi connectivity index (χ1) is 8.40. The van der Waals surface area contributed by atoms with Crippen molar-refractivity contribution in [3.05, 3.63) is 41.2 Å². The predicted molar refractivity (Wildman–Crippen MR) is 62.9 cm³/mol. The monoisotopic (exact) mass is 271 g/mol. The lowest BCUT2D eigenvalue weighted by Crippen LogP contribution is -2.20. The average Bonchev–Trinajstić information content (AvgIpc) is 2.27. The lowest BCUT2D eigenvalue weighted by atomic mass is 10.1. The van der Waals surface area contributed by atoms with E-state index in [9.17, 15) is 13.6 Å². The molecule has 0 radical (unpaired) electrons. The molecule has 0 bridgehead atoms. The maximum Gasteiger partial charge on any atom is 0.309 e. The second-order valence-corrected chi connectivity index (χ2v) is 4.15. The van der Waals surface area contributed by atoms with E-state index in [2.05, 4.69) is 4.98 Å². The Bertz CT molecular complexity index is 616. The lowest BCUT2D eigenvalue weighted by Gasteiger charge is -2.14. The molecule has 2 aromatic rings. The van der Waals surface area contributed by atoms with Crippen molar-refractivity contribution in [2.75, 3.05) is 0 Å². The number of benzene rings is 1. The number of pyridine rings is 1. The summed E-state index contributed by atoms with van der Waals surface area (Å²) in [5, 5.41) is 9.44. The zero-order valence-corrected chi connectivity index (χ0v) is 9.79. The van der Waals surface area contributed by atoms with Gasteiger partial charge in [0.05, 0.1) is 0 Å². The summed E-state index contributed by atoms with van der Waals surface area (Å²) in [6, 6.07) is 7.82. The van der Waals surface area contributed by atoms with Crippen LogP contribution in [0.4, 0.5) is 8.78 Å². The van der Waals surface area contributed by atoms with Gasteiger partial charge in [-0.2, -0.15) is 8.78 Å². The van der Waals surface area contributed by atoms with E-state index in [4.69, 9.17) is 16.7 Å². The third-order valence-electron chi connectivity index (χ3n) is 2.44. The predicted octanol–water partition coefficient (Wildman–Crippen LogP) is 3.45. The van der Waals surface area contributed by atoms with Gasteiger partial charge in [-0.25, -0.2) is 4.98 Å². The molecule has 0 amide bonds. The summed E-state index contributed by atoms with van der Waals surface area (Å²) in [4.78, 5) is 14.0. The van der Waals surface area contributed by atoms with Gasteiger partial charge in [-0.3, -0.25) is 4.79 Å². The number of rotatable bonds is 3. The molecule has 0 unspecified atom stereocenters. The molecule has 94 valence electrons. The molecule has 0 aliphatic heterocycles. The average molecular weight is 272 g/mol. The first kappa shape index (κ1) is 12.7. The van der Waals surface area contributed by atoms with E-state index in [1.54, 1.807) is 24.3 Å². The maximum atomic E-state index is 13.6. The van der Waals surface area contributed by atoms with Crippen LogP contribution >= 0.6 is 11.6 Å². The molecule has 0 saturated carbocycles. The van der Waals surface area contributed by atoms with E-state index in [-0.39, 0.29) is 5.15 Å². The van der Waals surface area contributed by atoms with Crippen LogP contribution < -0.4 is 0 Å². The van der Waals surface area contributed by atoms with Crippen LogP contribution in [0.1, 0.15) is 12.1 Å². The number of carboxylic acid groups (broad SMARTS) is 1. The largest absolute Gasteiger partial charge is 0.481 e. The van der Waals surface area contributed by atoms with Crippen LogP contribution in [0.15, 0.2) is 30.3 Å². The molecule has 3 nitrogen and oxygen atoms in total. The van der Waals surface area contributed by atoms with Crippen molar-refractivity contribution in [1.82, 2.24) is 4.98 Å². The molecule has 0 fully saturated rings. The van der Waals surface area contributed by atoms with Crippen molar-refractivity contribution >= 4 is 28.3 Å². The molecule has 1 N–H and O–H groups in total. The van der Waals surface area contributed by atoms with Crippen LogP contribution in [0.25, 0.3) is 10.8 Å². The fourth-order valence-electron chi connectivity index (χ4n) is 1.62. The first-order valence-corrected chi connectivity index (χ1v) is 5.43. The minimum Gasteiger partial charge on any atom is -0.481 e. The van der Waals surface area contributed by atoms with Gasteiger partial charge in [0.15, 0.2) is 0 Å². The third-order valence-corrected chi connectivity index (χ3v) is 2.73. The van der Waals surface area contributed by atoms with Crippen molar-refractivity contribution in [3.63, 3.8) is 0 Å². The Balaban J connectivity index is 2.55. The van der Waals surface area contributed by atoms with Gasteiger partial charge in [0.1, 0.15) is 17.3 Å². The van der Waals surface area contributed by atoms with E-state index in [1.165, 1.54) is 0 Å². The summed E-state index contributed by atoms with van der Waals surface area (Å²) in [5.41, 5.74) is -0.631. The summed E-state index contributed by atoms with van der Waals surface area (Å²) < 4.78 is 27.2. The Morgan fingerprint density at radius 2 is 2.06 bits per heavy atom. The molecule has 0 atom stereocenters. The smallest absolute Gasteiger partial charge is 0.309 e. The van der Waals surface area contributed by atoms with Gasteiger partial charge in [0.2, 0.25) is 0 Å². The molecule has 1 heterocycles. The number of fused-ring (bicyclic) bond motifs is 1. The molecule has 1 aromatic carbocycles. The Labute approximate surface area is 106 Å². The molecule has 18 heavy (non-hydrogen) atoms. The van der Waals surface area contributed by atoms with E-state index in [0.29, 0.717) is 10.8 Å². The number of alkyl halides is 2. The summed E-state index contributed by atoms with van der Waals surface area (Å²) in [6.45, 7) is 0. The molecular formula is C12H8ClF2NO2. The van der Waals surface area contributed by atoms with Crippen molar-refractivity contribution < 1.29 is 18.7 Å². The normalized spacial score (nSPS) is 11.7. The molecule has 0 aliphatic rings. The van der Waals surface area contributed by atoms with Crippen LogP contribution in [0.2, 0.25) is 5.15 Å². The molecule has 2 rings (SSSR count). The van der Waals surface area contributed by atoms with E-state index in [1.807, 2.05) is 0 Å². The van der Waals surface area contributed by atoms with E-state index >= 15 is 0 Å². The molecular weight excluding hydrogens is 264 g/mol. The molecule has 0 aliphatic carbocycles. The number of carbonyl (C=O) groups is 1. The van der Waals surface area contributed by atoms with E-state index in [0.717, 1.165) is 6.07 Å². The molecule has 0 spiro atoms. The first-order valence-electron chi connectivity index (χ1n) is 5.05. The molecule has 1 aromatic heterocycles. The van der Waals surface area contributed by atoms with Gasteiger partial charge in [-0.05, 0) is 11.5 Å². The summed E-state index contributed by atoms with van der Waals surface area (Å²) in [7, 11) is 0. The number of halogens is 3. The second-order valence-electron chi connectivity index (χ2n) is 3.79. The van der Waals surface area contributed by atoms with Crippen molar-refractivity contribution in [3.8, 4) is 0 Å². The van der Waals surface area contributed by atoms with Gasteiger partial charge in [0, 0.05) is 5.39 Å². The van der Waals surface area contributed by atoms with Crippen LogP contribution in [-0.2, 0) is 10.7 Å². The van der Waals surface area contributed by atoms with Gasteiger partial charge >= 0.3 is 5.97 Å². The van der Waals surface area contributed by atoms with E-state index < -0.39 is 24.0 Å². The standard InChI is InChI=1S/C12H8ClF2NO2/c13-11-8-4-2-1-3-7(8)5-9(16-11)12(14,15)6-10(17)18/h1-5H,6H2,(H,17,18). The number of aromatic nitrogens is 1. The summed E-state index contributed by atoms with van der Waals surface area (Å²) >= 11 is 5.81. The minimum atomic E-state index is -3.54. The third kappa shape index (κ3) is 2.41. The van der Waals surface area contributed by atoms with Gasteiger partial charge < -0.3 is 5.11 Å². The number of hydrogen-bond acceptors (Lipinski definition) is 2. The van der Waals surface area contributed by atoms with Crippen LogP contribution in [0, 0.1) is 0 Å². The van der Waals surface area contributed by atoms with Crippen molar-refractivity contribution in [2.45, 2.75) is 12.3 Å². The Hall–Kier alpha value is -1.75. The molecule has 6 heteroatoms. The van der Waals surface area contributed by atoms with Crippen LogP contribution in [-0.4, -0.2) is 16.1 Å². The highest BCUT2D eigenvalue weighted by Crippen LogP contribution is 2.34. The Morgan fingerprint density at radius 1 is 1.39 bits per heavy atom. The number of aliphatic carboxylic acids is 1. The topological polar surface area (TPSA) is 50.2 Å². The Morgan fingerprint density at radius 3 is 2.72 bits per heavy atom. The lowest BCUT2D eigenvalue weighted by molar-refractivity contribution is -0.145. The highest BCUT2D eigenvalue weighted by atomic mass is 35.5. The quantitative estimate of drug-likeness (QED) is 0.870. The summed E-state index contributed by atoms with van der Waals surface area (Å²) in [5.74, 6) is -5.13. The van der Waals surface area contributed by atoms with Gasteiger partial charge in [0.25, 0.3) is 5.92 Å². The SMILES string of the molecule is O=C(O)CC(F)(F)c1cc2ccccc2c(Cl)n1. The van der Waals surface area contributed by atoms with Crippen LogP contribution in [0.3, 0.4) is 0 Å². The van der Waals surface area contributed by atoms with Crippen molar-refractivity contribution in [1.29, 1.82) is 0 Å². The fraction of sp³-hybridized carbons (Fsp3) is 0.167. The van der Waals surface area contributed by atoms with Gasteiger partial charge in [-0.1, -0.05) is 35.9 Å². The maximum absolute atomic E-state index is 13.6. The van der Waals surface area contributed by atoms with Crippen molar-refractivity contribution in [2.24, 2.45) is 0 Å². The minimum absolute atomic E-state index is 0.0619. The van der Waals surface area contributed by atoms with Crippen LogP contribution in [0.5, 0.6) is 0 Å². The highest BCUT2D eigenvalue weighted by Gasteiger charge is 2.36. The Kier molecular flexibility index (Phi) is 3.17. The molecule has 0 saturated heterocycles. The van der Waals surface area contributed by atoms with Gasteiger partial charge in [-0.15, -0.1) is 0 Å². The summed E-state index contributed by atoms with van der Waals surface area (Å²) in [6.07, 6.45) is -1.31. The number of carboxylic acids is 1. The number of nitrogens with zero attached hydrogens (tertiary/aromatic N) is 1. The second kappa shape index (κ2) is 4.49.